The first-order chi connectivity index (χ1) is 11.2. The van der Waals surface area contributed by atoms with Gasteiger partial charge in [0.15, 0.2) is 0 Å². The van der Waals surface area contributed by atoms with Crippen LogP contribution in [0.25, 0.3) is 0 Å². The molecule has 1 rings (SSSR count). The summed E-state index contributed by atoms with van der Waals surface area (Å²) < 4.78 is 30.4. The fourth-order valence-electron chi connectivity index (χ4n) is 2.51. The molecule has 0 bridgehead atoms. The minimum Gasteiger partial charge on any atom is -0.480 e. The minimum atomic E-state index is -4.49. The quantitative estimate of drug-likeness (QED) is 0.549. The third-order valence-electron chi connectivity index (χ3n) is 3.64. The molecular formula is C16H23NO6S. The predicted octanol–water partition coefficient (Wildman–Crippen LogP) is 1.81. The van der Waals surface area contributed by atoms with Crippen molar-refractivity contribution < 1.29 is 27.7 Å². The molecule has 1 amide bonds. The number of benzene rings is 1. The number of carboxylic acids is 1. The van der Waals surface area contributed by atoms with Gasteiger partial charge in [-0.15, -0.1) is 0 Å². The van der Waals surface area contributed by atoms with E-state index in [1.165, 1.54) is 0 Å². The molecule has 0 saturated heterocycles. The molecule has 0 fully saturated rings. The van der Waals surface area contributed by atoms with Gasteiger partial charge in [0, 0.05) is 6.42 Å². The monoisotopic (exact) mass is 357 g/mol. The van der Waals surface area contributed by atoms with Gasteiger partial charge in [-0.1, -0.05) is 43.7 Å². The smallest absolute Gasteiger partial charge is 0.327 e. The zero-order valence-electron chi connectivity index (χ0n) is 13.5. The number of hydrogen-bond donors (Lipinski definition) is 3. The van der Waals surface area contributed by atoms with Crippen LogP contribution >= 0.6 is 0 Å². The Morgan fingerprint density at radius 2 is 1.79 bits per heavy atom. The maximum Gasteiger partial charge on any atom is 0.327 e. The first-order valence-electron chi connectivity index (χ1n) is 7.75. The van der Waals surface area contributed by atoms with E-state index in [1.54, 1.807) is 0 Å². The molecule has 2 atom stereocenters. The topological polar surface area (TPSA) is 121 Å². The average Bonchev–Trinajstić information content (AvgIpc) is 2.50. The van der Waals surface area contributed by atoms with E-state index in [0.29, 0.717) is 6.42 Å². The molecule has 1 aromatic carbocycles. The summed E-state index contributed by atoms with van der Waals surface area (Å²) >= 11 is 0. The van der Waals surface area contributed by atoms with Crippen LogP contribution in [0.3, 0.4) is 0 Å². The molecule has 0 aromatic heterocycles. The van der Waals surface area contributed by atoms with Crippen molar-refractivity contribution in [1.82, 2.24) is 5.32 Å². The number of rotatable bonds is 10. The lowest BCUT2D eigenvalue weighted by Crippen LogP contribution is -2.45. The molecule has 0 radical (unpaired) electrons. The van der Waals surface area contributed by atoms with Crippen LogP contribution in [0.15, 0.2) is 30.3 Å². The van der Waals surface area contributed by atoms with Crippen molar-refractivity contribution in [2.24, 2.45) is 0 Å². The Labute approximate surface area is 141 Å². The van der Waals surface area contributed by atoms with E-state index >= 15 is 0 Å². The lowest BCUT2D eigenvalue weighted by atomic mass is 9.90. The van der Waals surface area contributed by atoms with Crippen LogP contribution in [-0.4, -0.2) is 41.7 Å². The Morgan fingerprint density at radius 1 is 1.17 bits per heavy atom. The van der Waals surface area contributed by atoms with E-state index in [0.717, 1.165) is 18.4 Å². The van der Waals surface area contributed by atoms with Crippen molar-refractivity contribution >= 4 is 22.0 Å². The first-order valence-corrected chi connectivity index (χ1v) is 9.36. The highest BCUT2D eigenvalue weighted by Gasteiger charge is 2.25. The van der Waals surface area contributed by atoms with Crippen LogP contribution in [0.4, 0.5) is 0 Å². The summed E-state index contributed by atoms with van der Waals surface area (Å²) in [6, 6.07) is 8.06. The van der Waals surface area contributed by atoms with Gasteiger partial charge >= 0.3 is 5.97 Å². The molecule has 0 spiro atoms. The molecule has 1 aromatic rings. The van der Waals surface area contributed by atoms with E-state index in [-0.39, 0.29) is 12.3 Å². The molecule has 24 heavy (non-hydrogen) atoms. The number of carbonyl (C=O) groups is 2. The molecule has 8 heteroatoms. The second-order valence-electron chi connectivity index (χ2n) is 5.64. The summed E-state index contributed by atoms with van der Waals surface area (Å²) in [4.78, 5) is 22.9. The fraction of sp³-hybridized carbons (Fsp3) is 0.500. The summed E-state index contributed by atoms with van der Waals surface area (Å²) in [6.45, 7) is 2.04. The van der Waals surface area contributed by atoms with Crippen molar-refractivity contribution in [3.63, 3.8) is 0 Å². The Kier molecular flexibility index (Phi) is 7.87. The van der Waals surface area contributed by atoms with Gasteiger partial charge in [-0.05, 0) is 24.3 Å². The van der Waals surface area contributed by atoms with Gasteiger partial charge in [-0.25, -0.2) is 4.79 Å². The minimum absolute atomic E-state index is 0.0782. The van der Waals surface area contributed by atoms with Crippen molar-refractivity contribution in [2.45, 2.75) is 44.6 Å². The number of hydrogen-bond acceptors (Lipinski definition) is 4. The molecule has 0 aliphatic carbocycles. The van der Waals surface area contributed by atoms with Crippen molar-refractivity contribution in [3.05, 3.63) is 35.9 Å². The van der Waals surface area contributed by atoms with Crippen molar-refractivity contribution in [3.8, 4) is 0 Å². The lowest BCUT2D eigenvalue weighted by molar-refractivity contribution is -0.141. The third kappa shape index (κ3) is 7.56. The summed E-state index contributed by atoms with van der Waals surface area (Å²) in [5.74, 6) is -2.94. The zero-order chi connectivity index (χ0) is 18.2. The van der Waals surface area contributed by atoms with Gasteiger partial charge in [0.05, 0.1) is 0 Å². The molecule has 134 valence electrons. The lowest BCUT2D eigenvalue weighted by Gasteiger charge is -2.17. The van der Waals surface area contributed by atoms with Gasteiger partial charge in [-0.2, -0.15) is 8.42 Å². The van der Waals surface area contributed by atoms with Crippen LogP contribution in [0.1, 0.15) is 44.1 Å². The van der Waals surface area contributed by atoms with Gasteiger partial charge < -0.3 is 10.4 Å². The summed E-state index contributed by atoms with van der Waals surface area (Å²) in [5.41, 5.74) is 1.11. The summed E-state index contributed by atoms with van der Waals surface area (Å²) in [5, 5.41) is 11.1. The van der Waals surface area contributed by atoms with Crippen LogP contribution in [0, 0.1) is 0 Å². The second-order valence-corrected chi connectivity index (χ2v) is 7.14. The van der Waals surface area contributed by atoms with Gasteiger partial charge in [-0.3, -0.25) is 9.35 Å². The second kappa shape index (κ2) is 9.39. The van der Waals surface area contributed by atoms with E-state index < -0.39 is 33.8 Å². The van der Waals surface area contributed by atoms with Crippen LogP contribution in [0.2, 0.25) is 0 Å². The Balaban J connectivity index is 2.63. The number of carbonyl (C=O) groups excluding carboxylic acids is 1. The molecule has 3 N–H and O–H groups in total. The van der Waals surface area contributed by atoms with Crippen LogP contribution in [-0.2, 0) is 19.7 Å². The largest absolute Gasteiger partial charge is 0.480 e. The number of aliphatic carboxylic acids is 1. The van der Waals surface area contributed by atoms with Crippen LogP contribution in [0.5, 0.6) is 0 Å². The van der Waals surface area contributed by atoms with Gasteiger partial charge in [0.1, 0.15) is 11.8 Å². The normalized spacial score (nSPS) is 13.9. The van der Waals surface area contributed by atoms with Gasteiger partial charge in [0.2, 0.25) is 5.91 Å². The molecule has 0 heterocycles. The Morgan fingerprint density at radius 3 is 2.29 bits per heavy atom. The van der Waals surface area contributed by atoms with Crippen molar-refractivity contribution in [1.29, 1.82) is 0 Å². The summed E-state index contributed by atoms with van der Waals surface area (Å²) in [7, 11) is -4.49. The standard InChI is InChI=1S/C16H23NO6S/c1-2-6-12(13-7-4-3-5-8-13)9-10-15(18)17-14(16(19)20)11-24(21,22)23/h3-5,7-8,12,14H,2,6,9-11H2,1H3,(H,17,18)(H,19,20)(H,21,22,23)/t12?,14-/m0/s1. The molecule has 0 aliphatic rings. The van der Waals surface area contributed by atoms with Crippen LogP contribution < -0.4 is 5.32 Å². The molecular weight excluding hydrogens is 334 g/mol. The number of amides is 1. The highest BCUT2D eigenvalue weighted by Crippen LogP contribution is 2.26. The fourth-order valence-corrected chi connectivity index (χ4v) is 3.16. The zero-order valence-corrected chi connectivity index (χ0v) is 14.3. The van der Waals surface area contributed by atoms with E-state index in [1.807, 2.05) is 37.3 Å². The highest BCUT2D eigenvalue weighted by molar-refractivity contribution is 7.85. The van der Waals surface area contributed by atoms with E-state index in [2.05, 4.69) is 5.32 Å². The SMILES string of the molecule is CCCC(CCC(=O)N[C@@H](CS(=O)(=O)O)C(=O)O)c1ccccc1. The molecule has 0 saturated carbocycles. The predicted molar refractivity (Wildman–Crippen MR) is 89.3 cm³/mol. The molecule has 7 nitrogen and oxygen atoms in total. The van der Waals surface area contributed by atoms with E-state index in [9.17, 15) is 18.0 Å². The number of carboxylic acid groups (broad SMARTS) is 1. The maximum absolute atomic E-state index is 11.9. The number of nitrogens with one attached hydrogen (secondary N) is 1. The Hall–Kier alpha value is -1.93. The van der Waals surface area contributed by atoms with Crippen molar-refractivity contribution in [2.75, 3.05) is 5.75 Å². The third-order valence-corrected chi connectivity index (χ3v) is 4.39. The molecule has 1 unspecified atom stereocenters. The molecule has 0 aliphatic heterocycles. The summed E-state index contributed by atoms with van der Waals surface area (Å²) in [6.07, 6.45) is 2.45. The van der Waals surface area contributed by atoms with Gasteiger partial charge in [0.25, 0.3) is 10.1 Å². The Bertz CT molecular complexity index is 644. The average molecular weight is 357 g/mol. The maximum atomic E-state index is 11.9. The highest BCUT2D eigenvalue weighted by atomic mass is 32.2. The first kappa shape index (κ1) is 20.1. The van der Waals surface area contributed by atoms with E-state index in [4.69, 9.17) is 9.66 Å².